The average Bonchev–Trinajstić information content (AvgIpc) is 2.47. The van der Waals surface area contributed by atoms with Crippen molar-refractivity contribution in [1.82, 2.24) is 4.90 Å². The van der Waals surface area contributed by atoms with Crippen LogP contribution in [-0.2, 0) is 17.9 Å². The lowest BCUT2D eigenvalue weighted by Crippen LogP contribution is -2.32. The van der Waals surface area contributed by atoms with Crippen LogP contribution in [-0.4, -0.2) is 17.9 Å². The number of nitrogens with zero attached hydrogens (tertiary/aromatic N) is 1. The molecule has 1 aromatic rings. The van der Waals surface area contributed by atoms with Crippen LogP contribution in [0.1, 0.15) is 50.7 Å². The predicted octanol–water partition coefficient (Wildman–Crippen LogP) is 3.32. The molecule has 0 radical (unpaired) electrons. The number of amides is 1. The number of rotatable bonds is 8. The minimum absolute atomic E-state index is 0.179. The van der Waals surface area contributed by atoms with Gasteiger partial charge < -0.3 is 10.6 Å². The van der Waals surface area contributed by atoms with Crippen molar-refractivity contribution < 1.29 is 4.79 Å². The van der Waals surface area contributed by atoms with Crippen LogP contribution in [0.2, 0.25) is 0 Å². The SMILES string of the molecule is CCCC(CCC)C(=O)N(C)Cc1ccc(CN)cc1. The highest BCUT2D eigenvalue weighted by Crippen LogP contribution is 2.17. The van der Waals surface area contributed by atoms with Crippen LogP contribution in [0.5, 0.6) is 0 Å². The fourth-order valence-electron chi connectivity index (χ4n) is 2.53. The van der Waals surface area contributed by atoms with Gasteiger partial charge >= 0.3 is 0 Å². The molecule has 1 rings (SSSR count). The molecule has 1 amide bonds. The Hall–Kier alpha value is -1.35. The maximum absolute atomic E-state index is 12.5. The van der Waals surface area contributed by atoms with E-state index in [0.717, 1.165) is 36.8 Å². The zero-order chi connectivity index (χ0) is 15.0. The Morgan fingerprint density at radius 2 is 1.60 bits per heavy atom. The predicted molar refractivity (Wildman–Crippen MR) is 84.1 cm³/mol. The minimum atomic E-state index is 0.179. The second kappa shape index (κ2) is 8.75. The van der Waals surface area contributed by atoms with E-state index in [2.05, 4.69) is 26.0 Å². The molecule has 0 bridgehead atoms. The van der Waals surface area contributed by atoms with Gasteiger partial charge in [-0.25, -0.2) is 0 Å². The molecule has 0 aliphatic heterocycles. The van der Waals surface area contributed by atoms with Gasteiger partial charge in [-0.2, -0.15) is 0 Å². The summed E-state index contributed by atoms with van der Waals surface area (Å²) in [5.41, 5.74) is 7.87. The third-order valence-corrected chi connectivity index (χ3v) is 3.68. The molecule has 20 heavy (non-hydrogen) atoms. The lowest BCUT2D eigenvalue weighted by Gasteiger charge is -2.23. The smallest absolute Gasteiger partial charge is 0.225 e. The molecule has 1 aromatic carbocycles. The molecular formula is C17H28N2O. The van der Waals surface area contributed by atoms with Gasteiger partial charge in [0.1, 0.15) is 0 Å². The summed E-state index contributed by atoms with van der Waals surface area (Å²) in [5, 5.41) is 0. The van der Waals surface area contributed by atoms with Gasteiger partial charge in [0, 0.05) is 26.1 Å². The second-order valence-electron chi connectivity index (χ2n) is 5.49. The second-order valence-corrected chi connectivity index (χ2v) is 5.49. The first-order valence-electron chi connectivity index (χ1n) is 7.65. The van der Waals surface area contributed by atoms with E-state index in [1.54, 1.807) is 0 Å². The van der Waals surface area contributed by atoms with Crippen molar-refractivity contribution in [2.24, 2.45) is 11.7 Å². The maximum Gasteiger partial charge on any atom is 0.225 e. The third kappa shape index (κ3) is 4.97. The van der Waals surface area contributed by atoms with E-state index in [4.69, 9.17) is 5.73 Å². The lowest BCUT2D eigenvalue weighted by molar-refractivity contribution is -0.135. The van der Waals surface area contributed by atoms with Crippen molar-refractivity contribution in [2.75, 3.05) is 7.05 Å². The van der Waals surface area contributed by atoms with E-state index >= 15 is 0 Å². The minimum Gasteiger partial charge on any atom is -0.341 e. The molecule has 0 fully saturated rings. The van der Waals surface area contributed by atoms with Crippen molar-refractivity contribution >= 4 is 5.91 Å². The van der Waals surface area contributed by atoms with E-state index in [-0.39, 0.29) is 11.8 Å². The van der Waals surface area contributed by atoms with Crippen molar-refractivity contribution in [3.8, 4) is 0 Å². The summed E-state index contributed by atoms with van der Waals surface area (Å²) in [6.45, 7) is 5.51. The Labute approximate surface area is 123 Å². The molecule has 2 N–H and O–H groups in total. The summed E-state index contributed by atoms with van der Waals surface area (Å²) in [6, 6.07) is 8.17. The maximum atomic E-state index is 12.5. The van der Waals surface area contributed by atoms with Gasteiger partial charge in [0.05, 0.1) is 0 Å². The Bertz CT molecular complexity index is 394. The summed E-state index contributed by atoms with van der Waals surface area (Å²) < 4.78 is 0. The highest BCUT2D eigenvalue weighted by atomic mass is 16.2. The average molecular weight is 276 g/mol. The summed E-state index contributed by atoms with van der Waals surface area (Å²) in [7, 11) is 1.90. The van der Waals surface area contributed by atoms with Crippen LogP contribution >= 0.6 is 0 Å². The highest BCUT2D eigenvalue weighted by Gasteiger charge is 2.20. The van der Waals surface area contributed by atoms with Crippen LogP contribution < -0.4 is 5.73 Å². The fourth-order valence-corrected chi connectivity index (χ4v) is 2.53. The van der Waals surface area contributed by atoms with Crippen molar-refractivity contribution in [3.05, 3.63) is 35.4 Å². The number of carbonyl (C=O) groups excluding carboxylic acids is 1. The molecule has 112 valence electrons. The van der Waals surface area contributed by atoms with Crippen LogP contribution in [0.3, 0.4) is 0 Å². The lowest BCUT2D eigenvalue weighted by atomic mass is 9.96. The summed E-state index contributed by atoms with van der Waals surface area (Å²) >= 11 is 0. The Morgan fingerprint density at radius 3 is 2.05 bits per heavy atom. The van der Waals surface area contributed by atoms with E-state index < -0.39 is 0 Å². The molecule has 3 heteroatoms. The Balaban J connectivity index is 2.62. The third-order valence-electron chi connectivity index (χ3n) is 3.68. The highest BCUT2D eigenvalue weighted by molar-refractivity contribution is 5.78. The van der Waals surface area contributed by atoms with Gasteiger partial charge in [0.15, 0.2) is 0 Å². The first kappa shape index (κ1) is 16.7. The topological polar surface area (TPSA) is 46.3 Å². The molecule has 0 atom stereocenters. The summed E-state index contributed by atoms with van der Waals surface area (Å²) in [6.07, 6.45) is 4.11. The Morgan fingerprint density at radius 1 is 1.10 bits per heavy atom. The molecule has 0 aromatic heterocycles. The van der Waals surface area contributed by atoms with E-state index in [1.807, 2.05) is 24.1 Å². The first-order chi connectivity index (χ1) is 9.62. The molecule has 0 heterocycles. The summed E-state index contributed by atoms with van der Waals surface area (Å²) in [4.78, 5) is 14.3. The Kier molecular flexibility index (Phi) is 7.31. The van der Waals surface area contributed by atoms with E-state index in [1.165, 1.54) is 0 Å². The molecule has 3 nitrogen and oxygen atoms in total. The van der Waals surface area contributed by atoms with Gasteiger partial charge in [-0.15, -0.1) is 0 Å². The quantitative estimate of drug-likeness (QED) is 0.791. The molecule has 0 spiro atoms. The normalized spacial score (nSPS) is 10.8. The number of nitrogens with two attached hydrogens (primary N) is 1. The van der Waals surface area contributed by atoms with Gasteiger partial charge in [-0.3, -0.25) is 4.79 Å². The van der Waals surface area contributed by atoms with Gasteiger partial charge in [-0.1, -0.05) is 51.0 Å². The van der Waals surface area contributed by atoms with E-state index in [0.29, 0.717) is 13.1 Å². The zero-order valence-electron chi connectivity index (χ0n) is 13.1. The van der Waals surface area contributed by atoms with Crippen molar-refractivity contribution in [3.63, 3.8) is 0 Å². The standard InChI is InChI=1S/C17H28N2O/c1-4-6-16(7-5-2)17(20)19(3)13-15-10-8-14(12-18)9-11-15/h8-11,16H,4-7,12-13,18H2,1-3H3. The van der Waals surface area contributed by atoms with Crippen LogP contribution in [0.25, 0.3) is 0 Å². The first-order valence-corrected chi connectivity index (χ1v) is 7.65. The number of benzene rings is 1. The number of carbonyl (C=O) groups is 1. The van der Waals surface area contributed by atoms with Crippen LogP contribution in [0.4, 0.5) is 0 Å². The largest absolute Gasteiger partial charge is 0.341 e. The zero-order valence-corrected chi connectivity index (χ0v) is 13.1. The molecular weight excluding hydrogens is 248 g/mol. The monoisotopic (exact) mass is 276 g/mol. The van der Waals surface area contributed by atoms with Gasteiger partial charge in [-0.05, 0) is 24.0 Å². The van der Waals surface area contributed by atoms with Crippen LogP contribution in [0.15, 0.2) is 24.3 Å². The molecule has 0 saturated heterocycles. The van der Waals surface area contributed by atoms with Gasteiger partial charge in [0.25, 0.3) is 0 Å². The molecule has 0 aliphatic rings. The van der Waals surface area contributed by atoms with Crippen LogP contribution in [0, 0.1) is 5.92 Å². The fraction of sp³-hybridized carbons (Fsp3) is 0.588. The molecule has 0 unspecified atom stereocenters. The van der Waals surface area contributed by atoms with Crippen molar-refractivity contribution in [1.29, 1.82) is 0 Å². The molecule has 0 saturated carbocycles. The van der Waals surface area contributed by atoms with Crippen molar-refractivity contribution in [2.45, 2.75) is 52.6 Å². The molecule has 0 aliphatic carbocycles. The summed E-state index contributed by atoms with van der Waals surface area (Å²) in [5.74, 6) is 0.454. The number of hydrogen-bond donors (Lipinski definition) is 1. The number of hydrogen-bond acceptors (Lipinski definition) is 2. The van der Waals surface area contributed by atoms with Gasteiger partial charge in [0.2, 0.25) is 5.91 Å². The van der Waals surface area contributed by atoms with E-state index in [9.17, 15) is 4.79 Å².